The third-order valence-corrected chi connectivity index (χ3v) is 4.83. The van der Waals surface area contributed by atoms with E-state index in [0.29, 0.717) is 32.5 Å². The van der Waals surface area contributed by atoms with Gasteiger partial charge in [0.05, 0.1) is 32.1 Å². The molecule has 0 bridgehead atoms. The fourth-order valence-corrected chi connectivity index (χ4v) is 3.38. The molecule has 2 aliphatic rings. The normalized spacial score (nSPS) is 23.1. The standard InChI is InChI=1S/C16H23N3O5/c1-22-13-14(23-2)18-11(10-17-13)15(21)19-7-5-16(6-8-19)12(20)4-3-9-24-16/h10,12,20H,3-9H2,1-2H3. The predicted octanol–water partition coefficient (Wildman–Crippen LogP) is 0.640. The molecule has 1 spiro atoms. The van der Waals surface area contributed by atoms with Gasteiger partial charge in [0.2, 0.25) is 0 Å². The van der Waals surface area contributed by atoms with Crippen LogP contribution in [0.15, 0.2) is 6.20 Å². The first kappa shape index (κ1) is 16.9. The van der Waals surface area contributed by atoms with Crippen molar-refractivity contribution in [2.24, 2.45) is 0 Å². The average Bonchev–Trinajstić information content (AvgIpc) is 2.63. The van der Waals surface area contributed by atoms with Crippen LogP contribution in [0.2, 0.25) is 0 Å². The lowest BCUT2D eigenvalue weighted by atomic mass is 9.82. The Labute approximate surface area is 140 Å². The number of nitrogens with zero attached hydrogens (tertiary/aromatic N) is 3. The van der Waals surface area contributed by atoms with Crippen molar-refractivity contribution in [3.8, 4) is 11.8 Å². The summed E-state index contributed by atoms with van der Waals surface area (Å²) in [6.07, 6.45) is 3.83. The monoisotopic (exact) mass is 337 g/mol. The molecular weight excluding hydrogens is 314 g/mol. The van der Waals surface area contributed by atoms with Crippen LogP contribution in [0.3, 0.4) is 0 Å². The number of hydrogen-bond acceptors (Lipinski definition) is 7. The minimum absolute atomic E-state index is 0.183. The SMILES string of the molecule is COc1ncc(C(=O)N2CCC3(CC2)OCCCC3O)nc1OC. The van der Waals surface area contributed by atoms with Gasteiger partial charge in [-0.2, -0.15) is 0 Å². The van der Waals surface area contributed by atoms with E-state index >= 15 is 0 Å². The van der Waals surface area contributed by atoms with Crippen molar-refractivity contribution in [1.82, 2.24) is 14.9 Å². The fourth-order valence-electron chi connectivity index (χ4n) is 3.38. The maximum absolute atomic E-state index is 12.6. The highest BCUT2D eigenvalue weighted by atomic mass is 16.5. The number of aromatic nitrogens is 2. The highest BCUT2D eigenvalue weighted by molar-refractivity contribution is 5.92. The first-order valence-corrected chi connectivity index (χ1v) is 8.16. The molecule has 1 aromatic heterocycles. The molecule has 24 heavy (non-hydrogen) atoms. The summed E-state index contributed by atoms with van der Waals surface area (Å²) in [6.45, 7) is 1.71. The minimum atomic E-state index is -0.502. The van der Waals surface area contributed by atoms with Crippen LogP contribution in [0.25, 0.3) is 0 Å². The quantitative estimate of drug-likeness (QED) is 0.865. The summed E-state index contributed by atoms with van der Waals surface area (Å²) < 4.78 is 16.0. The summed E-state index contributed by atoms with van der Waals surface area (Å²) in [5, 5.41) is 10.3. The maximum Gasteiger partial charge on any atom is 0.278 e. The molecule has 8 nitrogen and oxygen atoms in total. The molecular formula is C16H23N3O5. The van der Waals surface area contributed by atoms with Crippen LogP contribution in [-0.4, -0.2) is 71.5 Å². The van der Waals surface area contributed by atoms with Gasteiger partial charge in [-0.25, -0.2) is 9.97 Å². The zero-order valence-electron chi connectivity index (χ0n) is 14.0. The van der Waals surface area contributed by atoms with Gasteiger partial charge >= 0.3 is 0 Å². The lowest BCUT2D eigenvalue weighted by Crippen LogP contribution is -2.56. The number of aliphatic hydroxyl groups is 1. The Balaban J connectivity index is 1.69. The number of ether oxygens (including phenoxy) is 3. The fraction of sp³-hybridized carbons (Fsp3) is 0.688. The molecule has 2 fully saturated rings. The van der Waals surface area contributed by atoms with E-state index in [-0.39, 0.29) is 23.4 Å². The van der Waals surface area contributed by atoms with Gasteiger partial charge in [-0.15, -0.1) is 0 Å². The molecule has 1 aromatic rings. The first-order valence-electron chi connectivity index (χ1n) is 8.16. The predicted molar refractivity (Wildman–Crippen MR) is 84.2 cm³/mol. The molecule has 0 saturated carbocycles. The van der Waals surface area contributed by atoms with E-state index in [4.69, 9.17) is 14.2 Å². The zero-order valence-corrected chi connectivity index (χ0v) is 14.0. The summed E-state index contributed by atoms with van der Waals surface area (Å²) in [5.41, 5.74) is -0.285. The summed E-state index contributed by atoms with van der Waals surface area (Å²) in [5.74, 6) is 0.219. The largest absolute Gasteiger partial charge is 0.477 e. The van der Waals surface area contributed by atoms with Gasteiger partial charge in [-0.1, -0.05) is 0 Å². The number of amides is 1. The minimum Gasteiger partial charge on any atom is -0.477 e. The Morgan fingerprint density at radius 3 is 2.67 bits per heavy atom. The van der Waals surface area contributed by atoms with Gasteiger partial charge in [0.1, 0.15) is 0 Å². The third kappa shape index (κ3) is 3.03. The maximum atomic E-state index is 12.6. The number of aliphatic hydroxyl groups excluding tert-OH is 1. The smallest absolute Gasteiger partial charge is 0.278 e. The Kier molecular flexibility index (Phi) is 4.86. The Morgan fingerprint density at radius 2 is 2.04 bits per heavy atom. The number of hydrogen-bond donors (Lipinski definition) is 1. The molecule has 3 rings (SSSR count). The molecule has 8 heteroatoms. The van der Waals surface area contributed by atoms with Crippen LogP contribution in [0.5, 0.6) is 11.8 Å². The van der Waals surface area contributed by atoms with Crippen molar-refractivity contribution in [2.45, 2.75) is 37.4 Å². The second-order valence-corrected chi connectivity index (χ2v) is 6.14. The number of carbonyl (C=O) groups excluding carboxylic acids is 1. The second kappa shape index (κ2) is 6.90. The van der Waals surface area contributed by atoms with Crippen LogP contribution < -0.4 is 9.47 Å². The molecule has 1 N–H and O–H groups in total. The summed E-state index contributed by atoms with van der Waals surface area (Å²) in [7, 11) is 2.92. The van der Waals surface area contributed by atoms with Crippen molar-refractivity contribution in [2.75, 3.05) is 33.9 Å². The van der Waals surface area contributed by atoms with E-state index in [1.165, 1.54) is 20.4 Å². The summed E-state index contributed by atoms with van der Waals surface area (Å²) in [4.78, 5) is 22.6. The zero-order chi connectivity index (χ0) is 17.2. The van der Waals surface area contributed by atoms with Crippen LogP contribution >= 0.6 is 0 Å². The lowest BCUT2D eigenvalue weighted by Gasteiger charge is -2.46. The van der Waals surface area contributed by atoms with Crippen molar-refractivity contribution < 1.29 is 24.1 Å². The van der Waals surface area contributed by atoms with Gasteiger partial charge in [0.15, 0.2) is 5.69 Å². The number of carbonyl (C=O) groups is 1. The molecule has 2 aliphatic heterocycles. The highest BCUT2D eigenvalue weighted by Crippen LogP contribution is 2.35. The molecule has 2 saturated heterocycles. The van der Waals surface area contributed by atoms with E-state index in [1.54, 1.807) is 4.90 Å². The number of piperidine rings is 1. The molecule has 1 atom stereocenters. The number of methoxy groups -OCH3 is 2. The first-order chi connectivity index (χ1) is 11.6. The Morgan fingerprint density at radius 1 is 1.33 bits per heavy atom. The van der Waals surface area contributed by atoms with Gasteiger partial charge in [-0.3, -0.25) is 4.79 Å². The third-order valence-electron chi connectivity index (χ3n) is 4.83. The molecule has 3 heterocycles. The van der Waals surface area contributed by atoms with Crippen molar-refractivity contribution >= 4 is 5.91 Å². The van der Waals surface area contributed by atoms with Crippen molar-refractivity contribution in [1.29, 1.82) is 0 Å². The summed E-state index contributed by atoms with van der Waals surface area (Å²) >= 11 is 0. The van der Waals surface area contributed by atoms with E-state index in [2.05, 4.69) is 9.97 Å². The molecule has 0 aliphatic carbocycles. The van der Waals surface area contributed by atoms with Gasteiger partial charge < -0.3 is 24.2 Å². The molecule has 1 unspecified atom stereocenters. The Hall–Kier alpha value is -1.93. The van der Waals surface area contributed by atoms with E-state index in [9.17, 15) is 9.90 Å². The van der Waals surface area contributed by atoms with Gasteiger partial charge in [-0.05, 0) is 25.7 Å². The average molecular weight is 337 g/mol. The Bertz CT molecular complexity index is 601. The van der Waals surface area contributed by atoms with Crippen LogP contribution in [0.1, 0.15) is 36.2 Å². The van der Waals surface area contributed by atoms with Crippen molar-refractivity contribution in [3.63, 3.8) is 0 Å². The van der Waals surface area contributed by atoms with Gasteiger partial charge in [0.25, 0.3) is 17.7 Å². The van der Waals surface area contributed by atoms with Crippen LogP contribution in [0, 0.1) is 0 Å². The van der Waals surface area contributed by atoms with E-state index in [1.807, 2.05) is 0 Å². The lowest BCUT2D eigenvalue weighted by molar-refractivity contribution is -0.174. The van der Waals surface area contributed by atoms with E-state index < -0.39 is 11.7 Å². The highest BCUT2D eigenvalue weighted by Gasteiger charge is 2.44. The molecule has 132 valence electrons. The van der Waals surface area contributed by atoms with Crippen LogP contribution in [-0.2, 0) is 4.74 Å². The second-order valence-electron chi connectivity index (χ2n) is 6.14. The van der Waals surface area contributed by atoms with Crippen LogP contribution in [0.4, 0.5) is 0 Å². The number of likely N-dealkylation sites (tertiary alicyclic amines) is 1. The van der Waals surface area contributed by atoms with Crippen molar-refractivity contribution in [3.05, 3.63) is 11.9 Å². The van der Waals surface area contributed by atoms with Gasteiger partial charge in [0, 0.05) is 19.7 Å². The summed E-state index contributed by atoms with van der Waals surface area (Å²) in [6, 6.07) is 0. The van der Waals surface area contributed by atoms with E-state index in [0.717, 1.165) is 12.8 Å². The molecule has 1 amide bonds. The molecule has 0 aromatic carbocycles. The number of rotatable bonds is 3. The topological polar surface area (TPSA) is 94.0 Å². The molecule has 0 radical (unpaired) electrons.